The summed E-state index contributed by atoms with van der Waals surface area (Å²) >= 11 is 0. The first-order valence-corrected chi connectivity index (χ1v) is 8.71. The van der Waals surface area contributed by atoms with Gasteiger partial charge in [0.05, 0.1) is 6.42 Å². The van der Waals surface area contributed by atoms with Crippen LogP contribution in [0.5, 0.6) is 0 Å². The van der Waals surface area contributed by atoms with Crippen molar-refractivity contribution in [3.63, 3.8) is 0 Å². The summed E-state index contributed by atoms with van der Waals surface area (Å²) in [5, 5.41) is 2.99. The number of piperidine rings is 1. The van der Waals surface area contributed by atoms with E-state index >= 15 is 0 Å². The third kappa shape index (κ3) is 5.64. The van der Waals surface area contributed by atoms with Gasteiger partial charge in [-0.15, -0.1) is 0 Å². The molecule has 1 saturated heterocycles. The predicted octanol–water partition coefficient (Wildman–Crippen LogP) is 1.45. The number of likely N-dealkylation sites (N-methyl/N-ethyl adjacent to an activating group) is 1. The van der Waals surface area contributed by atoms with Crippen molar-refractivity contribution >= 4 is 11.8 Å². The van der Waals surface area contributed by atoms with Gasteiger partial charge in [-0.2, -0.15) is 0 Å². The van der Waals surface area contributed by atoms with E-state index in [0.29, 0.717) is 26.1 Å². The lowest BCUT2D eigenvalue weighted by Crippen LogP contribution is -2.44. The highest BCUT2D eigenvalue weighted by Crippen LogP contribution is 2.18. The van der Waals surface area contributed by atoms with Crippen molar-refractivity contribution in [1.82, 2.24) is 15.1 Å². The van der Waals surface area contributed by atoms with E-state index in [4.69, 9.17) is 0 Å². The van der Waals surface area contributed by atoms with Gasteiger partial charge in [0.15, 0.2) is 0 Å². The molecule has 1 N–H and O–H groups in total. The van der Waals surface area contributed by atoms with E-state index in [1.54, 1.807) is 0 Å². The van der Waals surface area contributed by atoms with Crippen LogP contribution in [0.15, 0.2) is 24.3 Å². The maximum Gasteiger partial charge on any atom is 0.226 e. The molecule has 0 bridgehead atoms. The molecule has 1 heterocycles. The van der Waals surface area contributed by atoms with Gasteiger partial charge in [0, 0.05) is 32.1 Å². The Morgan fingerprint density at radius 1 is 1.25 bits per heavy atom. The van der Waals surface area contributed by atoms with Crippen molar-refractivity contribution in [2.75, 3.05) is 40.3 Å². The van der Waals surface area contributed by atoms with Crippen molar-refractivity contribution in [3.8, 4) is 0 Å². The second kappa shape index (κ2) is 8.83. The van der Waals surface area contributed by atoms with Crippen molar-refractivity contribution in [2.45, 2.75) is 26.2 Å². The quantitative estimate of drug-likeness (QED) is 0.858. The summed E-state index contributed by atoms with van der Waals surface area (Å²) in [6.07, 6.45) is 1.96. The van der Waals surface area contributed by atoms with E-state index in [2.05, 4.69) is 11.4 Å². The first-order chi connectivity index (χ1) is 11.5. The average molecular weight is 331 g/mol. The lowest BCUT2D eigenvalue weighted by molar-refractivity contribution is -0.135. The summed E-state index contributed by atoms with van der Waals surface area (Å²) in [5.74, 6) is 0.324. The third-order valence-corrected chi connectivity index (χ3v) is 4.51. The first-order valence-electron chi connectivity index (χ1n) is 8.71. The van der Waals surface area contributed by atoms with Crippen LogP contribution >= 0.6 is 0 Å². The van der Waals surface area contributed by atoms with Crippen LogP contribution in [0, 0.1) is 12.8 Å². The molecule has 1 aromatic rings. The highest BCUT2D eigenvalue weighted by atomic mass is 16.2. The van der Waals surface area contributed by atoms with Crippen molar-refractivity contribution in [3.05, 3.63) is 35.4 Å². The molecule has 1 aliphatic heterocycles. The molecule has 2 amide bonds. The van der Waals surface area contributed by atoms with E-state index in [0.717, 1.165) is 24.9 Å². The summed E-state index contributed by atoms with van der Waals surface area (Å²) < 4.78 is 0. The molecular weight excluding hydrogens is 302 g/mol. The Bertz CT molecular complexity index is 563. The van der Waals surface area contributed by atoms with Crippen LogP contribution in [-0.2, 0) is 16.0 Å². The molecule has 0 radical (unpaired) electrons. The van der Waals surface area contributed by atoms with Crippen LogP contribution in [0.3, 0.4) is 0 Å². The van der Waals surface area contributed by atoms with Crippen LogP contribution in [0.1, 0.15) is 24.0 Å². The number of carbonyl (C=O) groups is 2. The lowest BCUT2D eigenvalue weighted by Gasteiger charge is -2.31. The van der Waals surface area contributed by atoms with Crippen LogP contribution in [0.4, 0.5) is 0 Å². The fraction of sp³-hybridized carbons (Fsp3) is 0.579. The molecule has 1 aliphatic rings. The van der Waals surface area contributed by atoms with E-state index in [1.807, 2.05) is 49.0 Å². The van der Waals surface area contributed by atoms with Gasteiger partial charge in [-0.25, -0.2) is 0 Å². The Morgan fingerprint density at radius 2 is 1.96 bits per heavy atom. The van der Waals surface area contributed by atoms with E-state index in [-0.39, 0.29) is 17.7 Å². The van der Waals surface area contributed by atoms with Crippen molar-refractivity contribution in [1.29, 1.82) is 0 Å². The molecule has 0 atom stereocenters. The normalized spacial score (nSPS) is 15.6. The molecule has 0 aliphatic carbocycles. The number of nitrogens with one attached hydrogen (secondary N) is 1. The second-order valence-electron chi connectivity index (χ2n) is 6.92. The molecule has 2 rings (SSSR count). The largest absolute Gasteiger partial charge is 0.355 e. The zero-order valence-corrected chi connectivity index (χ0v) is 15.0. The minimum absolute atomic E-state index is 0.0372. The molecule has 5 nitrogen and oxygen atoms in total. The Hall–Kier alpha value is -1.88. The Kier molecular flexibility index (Phi) is 6.79. The summed E-state index contributed by atoms with van der Waals surface area (Å²) in [6, 6.07) is 8.08. The second-order valence-corrected chi connectivity index (χ2v) is 6.92. The summed E-state index contributed by atoms with van der Waals surface area (Å²) in [6.45, 7) is 4.92. The molecule has 1 aromatic carbocycles. The predicted molar refractivity (Wildman–Crippen MR) is 95.8 cm³/mol. The average Bonchev–Trinajstić information content (AvgIpc) is 2.54. The summed E-state index contributed by atoms with van der Waals surface area (Å²) in [7, 11) is 3.98. The molecule has 0 unspecified atom stereocenters. The Morgan fingerprint density at radius 3 is 2.58 bits per heavy atom. The highest BCUT2D eigenvalue weighted by Gasteiger charge is 2.27. The maximum atomic E-state index is 12.4. The van der Waals surface area contributed by atoms with Crippen LogP contribution < -0.4 is 5.32 Å². The van der Waals surface area contributed by atoms with E-state index in [1.165, 1.54) is 5.56 Å². The fourth-order valence-corrected chi connectivity index (χ4v) is 3.05. The van der Waals surface area contributed by atoms with Gasteiger partial charge in [-0.1, -0.05) is 29.8 Å². The van der Waals surface area contributed by atoms with Gasteiger partial charge in [-0.05, 0) is 39.4 Å². The number of aryl methyl sites for hydroxylation is 1. The number of benzene rings is 1. The number of carbonyl (C=O) groups excluding carboxylic acids is 2. The number of rotatable bonds is 6. The molecule has 0 aromatic heterocycles. The minimum Gasteiger partial charge on any atom is -0.355 e. The first kappa shape index (κ1) is 18.5. The number of hydrogen-bond acceptors (Lipinski definition) is 3. The van der Waals surface area contributed by atoms with Gasteiger partial charge in [0.2, 0.25) is 11.8 Å². The summed E-state index contributed by atoms with van der Waals surface area (Å²) in [5.41, 5.74) is 2.23. The third-order valence-electron chi connectivity index (χ3n) is 4.51. The van der Waals surface area contributed by atoms with Crippen LogP contribution in [-0.4, -0.2) is 61.9 Å². The monoisotopic (exact) mass is 331 g/mol. The smallest absolute Gasteiger partial charge is 0.226 e. The van der Waals surface area contributed by atoms with Gasteiger partial charge in [0.1, 0.15) is 0 Å². The maximum absolute atomic E-state index is 12.4. The van der Waals surface area contributed by atoms with E-state index < -0.39 is 0 Å². The fourth-order valence-electron chi connectivity index (χ4n) is 3.05. The topological polar surface area (TPSA) is 52.7 Å². The Balaban J connectivity index is 1.75. The van der Waals surface area contributed by atoms with Gasteiger partial charge in [-0.3, -0.25) is 9.59 Å². The zero-order chi connectivity index (χ0) is 17.5. The molecule has 5 heteroatoms. The van der Waals surface area contributed by atoms with Gasteiger partial charge >= 0.3 is 0 Å². The molecule has 1 fully saturated rings. The lowest BCUT2D eigenvalue weighted by atomic mass is 9.95. The number of amides is 2. The highest BCUT2D eigenvalue weighted by molar-refractivity contribution is 5.81. The molecular formula is C19H29N3O2. The van der Waals surface area contributed by atoms with E-state index in [9.17, 15) is 9.59 Å². The van der Waals surface area contributed by atoms with Gasteiger partial charge in [0.25, 0.3) is 0 Å². The number of likely N-dealkylation sites (tertiary alicyclic amines) is 1. The summed E-state index contributed by atoms with van der Waals surface area (Å²) in [4.78, 5) is 28.5. The SMILES string of the molecule is Cc1cccc(CC(=O)N2CCC(C(=O)NCCN(C)C)CC2)c1. The number of hydrogen-bond donors (Lipinski definition) is 1. The van der Waals surface area contributed by atoms with Crippen molar-refractivity contribution in [2.24, 2.45) is 5.92 Å². The number of nitrogens with zero attached hydrogens (tertiary/aromatic N) is 2. The molecule has 132 valence electrons. The molecule has 0 spiro atoms. The van der Waals surface area contributed by atoms with Gasteiger partial charge < -0.3 is 15.1 Å². The minimum atomic E-state index is 0.0372. The van der Waals surface area contributed by atoms with Crippen LogP contribution in [0.2, 0.25) is 0 Å². The Labute approximate surface area is 145 Å². The molecule has 0 saturated carbocycles. The van der Waals surface area contributed by atoms with Crippen molar-refractivity contribution < 1.29 is 9.59 Å². The zero-order valence-electron chi connectivity index (χ0n) is 15.0. The van der Waals surface area contributed by atoms with Crippen LogP contribution in [0.25, 0.3) is 0 Å². The standard InChI is InChI=1S/C19H29N3O2/c1-15-5-4-6-16(13-15)14-18(23)22-10-7-17(8-11-22)19(24)20-9-12-21(2)3/h4-6,13,17H,7-12,14H2,1-3H3,(H,20,24). The molecule has 24 heavy (non-hydrogen) atoms.